The Hall–Kier alpha value is -3.99. The van der Waals surface area contributed by atoms with Crippen LogP contribution in [-0.2, 0) is 0 Å². The predicted octanol–water partition coefficient (Wildman–Crippen LogP) is 4.92. The van der Waals surface area contributed by atoms with Gasteiger partial charge in [0.25, 0.3) is 5.56 Å². The van der Waals surface area contributed by atoms with Crippen LogP contribution in [0, 0.1) is 0 Å². The normalized spacial score (nSPS) is 20.4. The number of hydrogen-bond acceptors (Lipinski definition) is 1. The molecule has 2 bridgehead atoms. The second-order valence-corrected chi connectivity index (χ2v) is 11.2. The summed E-state index contributed by atoms with van der Waals surface area (Å²) in [5.41, 5.74) is 10.1. The second kappa shape index (κ2) is 5.87. The zero-order valence-electron chi connectivity index (χ0n) is 19.7. The van der Waals surface area contributed by atoms with Crippen molar-refractivity contribution in [3.63, 3.8) is 0 Å². The number of aromatic nitrogens is 3. The van der Waals surface area contributed by atoms with Crippen LogP contribution in [0.25, 0.3) is 44.0 Å². The topological polar surface area (TPSA) is 31.9 Å². The van der Waals surface area contributed by atoms with Gasteiger partial charge in [0, 0.05) is 33.4 Å². The van der Waals surface area contributed by atoms with Crippen LogP contribution in [0.2, 0.25) is 0 Å². The SMILES string of the molecule is O=c1c2c(n3n1B1c4ccccc4-n4c5cc6ccccc6cc5c5ccc-3c1c54)C1CCC2CC1. The molecule has 5 heteroatoms. The molecule has 6 aromatic rings. The first-order chi connectivity index (χ1) is 17.8. The molecule has 11 rings (SSSR count). The van der Waals surface area contributed by atoms with Crippen molar-refractivity contribution < 1.29 is 0 Å². The van der Waals surface area contributed by atoms with Gasteiger partial charge in [-0.05, 0) is 72.1 Å². The number of rotatable bonds is 0. The summed E-state index contributed by atoms with van der Waals surface area (Å²) in [5.74, 6) is 0.946. The lowest BCUT2D eigenvalue weighted by atomic mass is 9.49. The van der Waals surface area contributed by atoms with Crippen LogP contribution in [0.15, 0.2) is 77.6 Å². The fourth-order valence-electron chi connectivity index (χ4n) is 8.31. The third kappa shape index (κ3) is 1.85. The lowest BCUT2D eigenvalue weighted by Crippen LogP contribution is -2.54. The van der Waals surface area contributed by atoms with Crippen LogP contribution in [0.4, 0.5) is 0 Å². The van der Waals surface area contributed by atoms with E-state index in [0.29, 0.717) is 11.8 Å². The quantitative estimate of drug-likeness (QED) is 0.294. The van der Waals surface area contributed by atoms with Crippen molar-refractivity contribution >= 4 is 50.4 Å². The van der Waals surface area contributed by atoms with Crippen LogP contribution in [0.1, 0.15) is 48.8 Å². The molecule has 3 aliphatic carbocycles. The molecule has 0 radical (unpaired) electrons. The maximum atomic E-state index is 14.2. The van der Waals surface area contributed by atoms with Gasteiger partial charge in [-0.1, -0.05) is 48.5 Å². The van der Waals surface area contributed by atoms with Crippen LogP contribution in [0.5, 0.6) is 0 Å². The van der Waals surface area contributed by atoms with Crippen LogP contribution in [-0.4, -0.2) is 20.7 Å². The second-order valence-electron chi connectivity index (χ2n) is 11.2. The molecule has 2 aromatic heterocycles. The molecule has 1 fully saturated rings. The molecule has 4 nitrogen and oxygen atoms in total. The van der Waals surface area contributed by atoms with E-state index >= 15 is 0 Å². The van der Waals surface area contributed by atoms with Crippen LogP contribution < -0.4 is 16.5 Å². The molecule has 0 amide bonds. The molecular weight excluding hydrogens is 441 g/mol. The Morgan fingerprint density at radius 2 is 1.50 bits per heavy atom. The molecule has 2 aliphatic heterocycles. The maximum absolute atomic E-state index is 14.2. The highest BCUT2D eigenvalue weighted by Gasteiger charge is 2.48. The lowest BCUT2D eigenvalue weighted by molar-refractivity contribution is 0.348. The highest BCUT2D eigenvalue weighted by molar-refractivity contribution is 6.88. The van der Waals surface area contributed by atoms with E-state index in [1.165, 1.54) is 86.3 Å². The molecule has 0 unspecified atom stereocenters. The molecule has 36 heavy (non-hydrogen) atoms. The fraction of sp³-hybridized carbons (Fsp3) is 0.194. The minimum atomic E-state index is -0.0661. The molecular formula is C31H22BN3O. The third-order valence-corrected chi connectivity index (χ3v) is 9.71. The Morgan fingerprint density at radius 1 is 0.750 bits per heavy atom. The van der Waals surface area contributed by atoms with E-state index in [0.717, 1.165) is 5.56 Å². The largest absolute Gasteiger partial charge is 0.357 e. The van der Waals surface area contributed by atoms with Gasteiger partial charge in [-0.3, -0.25) is 14.1 Å². The van der Waals surface area contributed by atoms with Gasteiger partial charge in [0.15, 0.2) is 0 Å². The molecule has 0 N–H and O–H groups in total. The van der Waals surface area contributed by atoms with Gasteiger partial charge in [-0.15, -0.1) is 0 Å². The molecule has 4 aromatic carbocycles. The van der Waals surface area contributed by atoms with Crippen LogP contribution >= 0.6 is 0 Å². The zero-order valence-corrected chi connectivity index (χ0v) is 19.7. The monoisotopic (exact) mass is 463 g/mol. The fourth-order valence-corrected chi connectivity index (χ4v) is 8.31. The standard InChI is InChI=1S/C31H22BN3O/c36-31-27-17-9-11-18(12-10-17)29(27)34-25-14-13-21-22-15-19-5-1-2-6-20(19)16-26(22)33-24-8-4-3-7-23(24)32(35(31)34)28(25)30(21)33/h1-8,13-18H,9-12H2. The summed E-state index contributed by atoms with van der Waals surface area (Å²) in [6, 6.07) is 26.7. The number of fused-ring (bicyclic) bond motifs is 12. The summed E-state index contributed by atoms with van der Waals surface area (Å²) in [6.07, 6.45) is 4.78. The van der Waals surface area contributed by atoms with Gasteiger partial charge in [0.1, 0.15) is 0 Å². The van der Waals surface area contributed by atoms with Gasteiger partial charge >= 0.3 is 6.85 Å². The minimum Gasteiger partial charge on any atom is -0.310 e. The number of nitrogens with zero attached hydrogens (tertiary/aromatic N) is 3. The van der Waals surface area contributed by atoms with E-state index in [-0.39, 0.29) is 12.4 Å². The van der Waals surface area contributed by atoms with Crippen molar-refractivity contribution in [1.82, 2.24) is 13.8 Å². The predicted molar refractivity (Wildman–Crippen MR) is 146 cm³/mol. The Bertz CT molecular complexity index is 2050. The number of hydrogen-bond donors (Lipinski definition) is 0. The highest BCUT2D eigenvalue weighted by atomic mass is 16.1. The van der Waals surface area contributed by atoms with E-state index in [4.69, 9.17) is 0 Å². The maximum Gasteiger partial charge on any atom is 0.357 e. The average Bonchev–Trinajstić information content (AvgIpc) is 3.55. The van der Waals surface area contributed by atoms with E-state index < -0.39 is 0 Å². The van der Waals surface area contributed by atoms with Gasteiger partial charge in [0.2, 0.25) is 0 Å². The molecule has 0 saturated heterocycles. The van der Waals surface area contributed by atoms with Crippen molar-refractivity contribution in [3.8, 4) is 11.4 Å². The highest BCUT2D eigenvalue weighted by Crippen LogP contribution is 2.50. The Kier molecular flexibility index (Phi) is 2.98. The van der Waals surface area contributed by atoms with Crippen molar-refractivity contribution in [2.45, 2.75) is 37.5 Å². The zero-order chi connectivity index (χ0) is 23.3. The molecule has 0 atom stereocenters. The summed E-state index contributed by atoms with van der Waals surface area (Å²) in [4.78, 5) is 14.2. The number of benzene rings is 4. The molecule has 4 heterocycles. The van der Waals surface area contributed by atoms with Crippen molar-refractivity contribution in [3.05, 3.63) is 94.4 Å². The van der Waals surface area contributed by atoms with E-state index in [9.17, 15) is 4.79 Å². The van der Waals surface area contributed by atoms with Crippen molar-refractivity contribution in [2.75, 3.05) is 0 Å². The van der Waals surface area contributed by atoms with Crippen molar-refractivity contribution in [1.29, 1.82) is 0 Å². The summed E-state index contributed by atoms with van der Waals surface area (Å²) in [7, 11) is 0. The summed E-state index contributed by atoms with van der Waals surface area (Å²) in [5, 5.41) is 5.09. The minimum absolute atomic E-state index is 0.0661. The average molecular weight is 463 g/mol. The van der Waals surface area contributed by atoms with E-state index in [1.54, 1.807) is 0 Å². The molecule has 5 aliphatic rings. The first-order valence-electron chi connectivity index (χ1n) is 13.3. The third-order valence-electron chi connectivity index (χ3n) is 9.71. The smallest absolute Gasteiger partial charge is 0.310 e. The van der Waals surface area contributed by atoms with Gasteiger partial charge in [-0.25, -0.2) is 0 Å². The van der Waals surface area contributed by atoms with Gasteiger partial charge in [0.05, 0.1) is 22.4 Å². The van der Waals surface area contributed by atoms with E-state index in [1.807, 2.05) is 0 Å². The summed E-state index contributed by atoms with van der Waals surface area (Å²) in [6.45, 7) is -0.0661. The van der Waals surface area contributed by atoms with Gasteiger partial charge < -0.3 is 4.57 Å². The molecule has 0 spiro atoms. The summed E-state index contributed by atoms with van der Waals surface area (Å²) < 4.78 is 6.95. The first-order valence-corrected chi connectivity index (χ1v) is 13.3. The molecule has 1 saturated carbocycles. The van der Waals surface area contributed by atoms with Crippen LogP contribution in [0.3, 0.4) is 0 Å². The number of para-hydroxylation sites is 1. The van der Waals surface area contributed by atoms with Gasteiger partial charge in [-0.2, -0.15) is 0 Å². The Labute approximate surface area is 207 Å². The Morgan fingerprint density at radius 3 is 2.36 bits per heavy atom. The molecule has 170 valence electrons. The summed E-state index contributed by atoms with van der Waals surface area (Å²) >= 11 is 0. The lowest BCUT2D eigenvalue weighted by Gasteiger charge is -2.36. The first kappa shape index (κ1) is 18.3. The van der Waals surface area contributed by atoms with E-state index in [2.05, 4.69) is 86.6 Å². The van der Waals surface area contributed by atoms with Crippen molar-refractivity contribution in [2.24, 2.45) is 0 Å². The Balaban J connectivity index is 1.43.